The van der Waals surface area contributed by atoms with Crippen molar-refractivity contribution in [3.05, 3.63) is 59.8 Å². The Morgan fingerprint density at radius 3 is 2.58 bits per heavy atom. The fourth-order valence-corrected chi connectivity index (χ4v) is 4.16. The Morgan fingerprint density at radius 2 is 1.85 bits per heavy atom. The van der Waals surface area contributed by atoms with Crippen molar-refractivity contribution in [1.82, 2.24) is 19.9 Å². The summed E-state index contributed by atoms with van der Waals surface area (Å²) in [6.45, 7) is 9.36. The van der Waals surface area contributed by atoms with Gasteiger partial charge in [0.05, 0.1) is 30.0 Å². The second kappa shape index (κ2) is 8.78. The lowest BCUT2D eigenvalue weighted by Gasteiger charge is -2.28. The van der Waals surface area contributed by atoms with Gasteiger partial charge in [-0.3, -0.25) is 0 Å². The molecule has 2 N–H and O–H groups in total. The van der Waals surface area contributed by atoms with E-state index >= 15 is 0 Å². The maximum Gasteiger partial charge on any atom is 0.161 e. The van der Waals surface area contributed by atoms with E-state index in [2.05, 4.69) is 39.0 Å². The molecule has 0 bridgehead atoms. The Balaban J connectivity index is 1.61. The molecule has 1 aliphatic heterocycles. The number of nitrogens with one attached hydrogen (secondary N) is 2. The van der Waals surface area contributed by atoms with Crippen LogP contribution in [0.25, 0.3) is 22.4 Å². The van der Waals surface area contributed by atoms with Crippen LogP contribution < -0.4 is 10.2 Å². The van der Waals surface area contributed by atoms with E-state index < -0.39 is 0 Å². The highest BCUT2D eigenvalue weighted by Gasteiger charge is 2.21. The van der Waals surface area contributed by atoms with Crippen molar-refractivity contribution in [3.8, 4) is 11.4 Å². The average Bonchev–Trinajstić information content (AvgIpc) is 3.26. The largest absolute Gasteiger partial charge is 0.378 e. The van der Waals surface area contributed by atoms with E-state index in [-0.39, 0.29) is 11.7 Å². The fraction of sp³-hybridized carbons (Fsp3) is 0.320. The molecule has 0 aliphatic carbocycles. The summed E-state index contributed by atoms with van der Waals surface area (Å²) >= 11 is 0. The van der Waals surface area contributed by atoms with Crippen LogP contribution in [0.5, 0.6) is 0 Å². The van der Waals surface area contributed by atoms with Gasteiger partial charge in [-0.25, -0.2) is 19.3 Å². The number of nitrogens with zero attached hydrogens (tertiary/aromatic N) is 4. The third kappa shape index (κ3) is 4.14. The van der Waals surface area contributed by atoms with Crippen LogP contribution >= 0.6 is 0 Å². The second-order valence-corrected chi connectivity index (χ2v) is 8.60. The molecule has 170 valence electrons. The van der Waals surface area contributed by atoms with Crippen LogP contribution in [0.4, 0.5) is 21.6 Å². The summed E-state index contributed by atoms with van der Waals surface area (Å²) in [4.78, 5) is 19.7. The van der Waals surface area contributed by atoms with E-state index in [0.29, 0.717) is 19.0 Å². The van der Waals surface area contributed by atoms with E-state index in [9.17, 15) is 4.39 Å². The minimum absolute atomic E-state index is 0.220. The zero-order valence-corrected chi connectivity index (χ0v) is 19.0. The quantitative estimate of drug-likeness (QED) is 0.440. The molecule has 1 aromatic carbocycles. The number of H-pyrrole nitrogens is 1. The number of benzene rings is 1. The van der Waals surface area contributed by atoms with Gasteiger partial charge in [0, 0.05) is 42.8 Å². The number of aryl methyl sites for hydroxylation is 1. The summed E-state index contributed by atoms with van der Waals surface area (Å²) in [5.74, 6) is 1.22. The van der Waals surface area contributed by atoms with Crippen molar-refractivity contribution in [2.75, 3.05) is 36.5 Å². The van der Waals surface area contributed by atoms with Crippen LogP contribution in [-0.2, 0) is 4.74 Å². The van der Waals surface area contributed by atoms with Gasteiger partial charge >= 0.3 is 0 Å². The Bertz CT molecular complexity index is 1280. The molecule has 4 heterocycles. The number of pyridine rings is 1. The van der Waals surface area contributed by atoms with Gasteiger partial charge in [-0.05, 0) is 42.7 Å². The highest BCUT2D eigenvalue weighted by Crippen LogP contribution is 2.37. The second-order valence-electron chi connectivity index (χ2n) is 8.60. The molecular weight excluding hydrogens is 419 g/mol. The van der Waals surface area contributed by atoms with Crippen molar-refractivity contribution < 1.29 is 9.13 Å². The lowest BCUT2D eigenvalue weighted by atomic mass is 10.0. The van der Waals surface area contributed by atoms with E-state index in [4.69, 9.17) is 9.72 Å². The molecule has 0 radical (unpaired) electrons. The molecule has 5 rings (SSSR count). The predicted molar refractivity (Wildman–Crippen MR) is 129 cm³/mol. The standard InChI is InChI=1S/C25H27FN6O/c1-15(2)19-13-28-23(17-4-6-18(26)7-5-17)31-24(19)30-22-16(3)12-27-25-21(22)20(14-29-25)32-8-10-33-11-9-32/h4-7,12-15H,8-11H2,1-3H3,(H2,27,28,29,30,31). The predicted octanol–water partition coefficient (Wildman–Crippen LogP) is 5.17. The van der Waals surface area contributed by atoms with Crippen molar-refractivity contribution in [2.24, 2.45) is 0 Å². The molecule has 8 heteroatoms. The van der Waals surface area contributed by atoms with Gasteiger partial charge in [0.15, 0.2) is 5.82 Å². The average molecular weight is 447 g/mol. The summed E-state index contributed by atoms with van der Waals surface area (Å²) in [7, 11) is 0. The van der Waals surface area contributed by atoms with Gasteiger partial charge in [0.25, 0.3) is 0 Å². The normalized spacial score (nSPS) is 14.3. The van der Waals surface area contributed by atoms with Crippen molar-refractivity contribution >= 4 is 28.2 Å². The smallest absolute Gasteiger partial charge is 0.161 e. The first-order valence-electron chi connectivity index (χ1n) is 11.2. The van der Waals surface area contributed by atoms with Crippen LogP contribution in [0.1, 0.15) is 30.9 Å². The first kappa shape index (κ1) is 21.3. The third-order valence-electron chi connectivity index (χ3n) is 6.01. The van der Waals surface area contributed by atoms with Gasteiger partial charge in [0.2, 0.25) is 0 Å². The van der Waals surface area contributed by atoms with Gasteiger partial charge in [0.1, 0.15) is 17.3 Å². The Kier molecular flexibility index (Phi) is 5.68. The Labute approximate surface area is 192 Å². The van der Waals surface area contributed by atoms with Crippen LogP contribution in [0, 0.1) is 12.7 Å². The number of fused-ring (bicyclic) bond motifs is 1. The zero-order chi connectivity index (χ0) is 22.9. The molecule has 0 saturated carbocycles. The van der Waals surface area contributed by atoms with E-state index in [1.807, 2.05) is 25.5 Å². The maximum atomic E-state index is 13.4. The molecule has 0 amide bonds. The Hall–Kier alpha value is -3.52. The minimum Gasteiger partial charge on any atom is -0.378 e. The molecule has 7 nitrogen and oxygen atoms in total. The van der Waals surface area contributed by atoms with Crippen molar-refractivity contribution in [2.45, 2.75) is 26.7 Å². The van der Waals surface area contributed by atoms with Crippen molar-refractivity contribution in [1.29, 1.82) is 0 Å². The summed E-state index contributed by atoms with van der Waals surface area (Å²) in [6, 6.07) is 6.24. The van der Waals surface area contributed by atoms with Crippen LogP contribution in [0.2, 0.25) is 0 Å². The number of ether oxygens (including phenoxy) is 1. The molecule has 1 aliphatic rings. The Morgan fingerprint density at radius 1 is 1.09 bits per heavy atom. The first-order chi connectivity index (χ1) is 16.0. The van der Waals surface area contributed by atoms with E-state index in [1.54, 1.807) is 12.1 Å². The lowest BCUT2D eigenvalue weighted by Crippen LogP contribution is -2.36. The number of hydrogen-bond donors (Lipinski definition) is 2. The summed E-state index contributed by atoms with van der Waals surface area (Å²) < 4.78 is 19.0. The maximum absolute atomic E-state index is 13.4. The molecule has 0 unspecified atom stereocenters. The lowest BCUT2D eigenvalue weighted by molar-refractivity contribution is 0.123. The van der Waals surface area contributed by atoms with Gasteiger partial charge in [-0.1, -0.05) is 13.8 Å². The molecule has 33 heavy (non-hydrogen) atoms. The SMILES string of the molecule is Cc1cnc2[nH]cc(N3CCOCC3)c2c1Nc1nc(-c2ccc(F)cc2)ncc1C(C)C. The number of hydrogen-bond acceptors (Lipinski definition) is 6. The summed E-state index contributed by atoms with van der Waals surface area (Å²) in [5, 5.41) is 4.64. The summed E-state index contributed by atoms with van der Waals surface area (Å²) in [6.07, 6.45) is 5.73. The highest BCUT2D eigenvalue weighted by molar-refractivity contribution is 6.03. The topological polar surface area (TPSA) is 79.0 Å². The number of halogens is 1. The fourth-order valence-electron chi connectivity index (χ4n) is 4.16. The number of anilines is 3. The van der Waals surface area contributed by atoms with E-state index in [0.717, 1.165) is 58.0 Å². The number of rotatable bonds is 5. The first-order valence-corrected chi connectivity index (χ1v) is 11.2. The highest BCUT2D eigenvalue weighted by atomic mass is 19.1. The van der Waals surface area contributed by atoms with Crippen molar-refractivity contribution in [3.63, 3.8) is 0 Å². The molecular formula is C25H27FN6O. The van der Waals surface area contributed by atoms with E-state index in [1.165, 1.54) is 12.1 Å². The van der Waals surface area contributed by atoms with Gasteiger partial charge in [-0.15, -0.1) is 0 Å². The molecule has 0 spiro atoms. The number of aromatic amines is 1. The number of aromatic nitrogens is 4. The minimum atomic E-state index is -0.284. The number of morpholine rings is 1. The van der Waals surface area contributed by atoms with Gasteiger partial charge < -0.3 is 19.9 Å². The molecule has 0 atom stereocenters. The molecule has 1 saturated heterocycles. The zero-order valence-electron chi connectivity index (χ0n) is 19.0. The van der Waals surface area contributed by atoms with Gasteiger partial charge in [-0.2, -0.15) is 0 Å². The van der Waals surface area contributed by atoms with Crippen LogP contribution in [0.15, 0.2) is 42.9 Å². The molecule has 3 aromatic heterocycles. The monoisotopic (exact) mass is 446 g/mol. The van der Waals surface area contributed by atoms with Crippen LogP contribution in [-0.4, -0.2) is 46.2 Å². The molecule has 1 fully saturated rings. The third-order valence-corrected chi connectivity index (χ3v) is 6.01. The molecule has 4 aromatic rings. The van der Waals surface area contributed by atoms with Crippen LogP contribution in [0.3, 0.4) is 0 Å². The summed E-state index contributed by atoms with van der Waals surface area (Å²) in [5.41, 5.74) is 5.69.